The van der Waals surface area contributed by atoms with Crippen molar-refractivity contribution in [3.05, 3.63) is 12.7 Å². The van der Waals surface area contributed by atoms with Gasteiger partial charge in [-0.05, 0) is 29.5 Å². The van der Waals surface area contributed by atoms with Crippen molar-refractivity contribution in [1.29, 1.82) is 0 Å². The van der Waals surface area contributed by atoms with Crippen LogP contribution in [-0.4, -0.2) is 21.3 Å². The average molecular weight is 161 g/mol. The standard InChI is InChI=1S/C5H7NOS2/c1-3-5(6-4-8)9(2)7/h3,5H,1H2,2H3. The second kappa shape index (κ2) is 4.70. The molecule has 0 aromatic carbocycles. The fraction of sp³-hybridized carbons (Fsp3) is 0.400. The maximum atomic E-state index is 10.6. The first-order valence-electron chi connectivity index (χ1n) is 2.24. The Kier molecular flexibility index (Phi) is 4.62. The summed E-state index contributed by atoms with van der Waals surface area (Å²) in [6.07, 6.45) is 3.03. The molecule has 50 valence electrons. The minimum atomic E-state index is -1.02. The number of hydrogen-bond donors (Lipinski definition) is 0. The first-order chi connectivity index (χ1) is 4.22. The van der Waals surface area contributed by atoms with Gasteiger partial charge in [-0.3, -0.25) is 0 Å². The predicted molar refractivity (Wildman–Crippen MR) is 43.1 cm³/mol. The van der Waals surface area contributed by atoms with Crippen LogP contribution in [0.1, 0.15) is 0 Å². The lowest BCUT2D eigenvalue weighted by molar-refractivity contribution is 0.595. The van der Waals surface area contributed by atoms with Crippen molar-refractivity contribution in [2.75, 3.05) is 6.26 Å². The summed E-state index contributed by atoms with van der Waals surface area (Å²) in [5.74, 6) is 0. The lowest BCUT2D eigenvalue weighted by atomic mass is 10.6. The second-order valence-electron chi connectivity index (χ2n) is 1.35. The summed E-state index contributed by atoms with van der Waals surface area (Å²) < 4.78 is 10.6. The number of rotatable bonds is 3. The van der Waals surface area contributed by atoms with E-state index >= 15 is 0 Å². The lowest BCUT2D eigenvalue weighted by Crippen LogP contribution is -2.13. The van der Waals surface area contributed by atoms with E-state index in [-0.39, 0.29) is 5.37 Å². The highest BCUT2D eigenvalue weighted by atomic mass is 32.2. The molecule has 2 atom stereocenters. The Labute approximate surface area is 62.9 Å². The molecule has 0 saturated carbocycles. The molecule has 0 aromatic heterocycles. The molecule has 2 unspecified atom stereocenters. The number of thiocarbonyl (C=S) groups is 1. The second-order valence-corrected chi connectivity index (χ2v) is 3.01. The molecule has 9 heavy (non-hydrogen) atoms. The Balaban J connectivity index is 3.97. The molecule has 0 fully saturated rings. The van der Waals surface area contributed by atoms with E-state index in [0.29, 0.717) is 0 Å². The van der Waals surface area contributed by atoms with E-state index < -0.39 is 11.2 Å². The maximum Gasteiger partial charge on any atom is 0.232 e. The molecule has 0 saturated heterocycles. The monoisotopic (exact) mass is 161 g/mol. The third kappa shape index (κ3) is 3.43. The van der Waals surface area contributed by atoms with Crippen molar-refractivity contribution in [3.8, 4) is 0 Å². The van der Waals surface area contributed by atoms with Gasteiger partial charge in [0.15, 0.2) is 0 Å². The Morgan fingerprint density at radius 2 is 2.56 bits per heavy atom. The van der Waals surface area contributed by atoms with E-state index in [1.807, 2.05) is 0 Å². The zero-order valence-corrected chi connectivity index (χ0v) is 6.67. The van der Waals surface area contributed by atoms with E-state index in [9.17, 15) is 4.55 Å². The third-order valence-corrected chi connectivity index (χ3v) is 1.81. The SMILES string of the molecule is C=CC(N=C=S)[S+](C)[O-]. The van der Waals surface area contributed by atoms with Crippen LogP contribution in [0.2, 0.25) is 0 Å². The molecule has 0 aliphatic heterocycles. The molecule has 0 N–H and O–H groups in total. The highest BCUT2D eigenvalue weighted by Crippen LogP contribution is 1.99. The minimum Gasteiger partial charge on any atom is -0.615 e. The van der Waals surface area contributed by atoms with Gasteiger partial charge in [-0.2, -0.15) is 4.99 Å². The van der Waals surface area contributed by atoms with Crippen molar-refractivity contribution < 1.29 is 4.55 Å². The van der Waals surface area contributed by atoms with Crippen LogP contribution in [0, 0.1) is 0 Å². The van der Waals surface area contributed by atoms with Crippen LogP contribution in [-0.2, 0) is 11.2 Å². The highest BCUT2D eigenvalue weighted by molar-refractivity contribution is 7.91. The van der Waals surface area contributed by atoms with Crippen LogP contribution in [0.5, 0.6) is 0 Å². The van der Waals surface area contributed by atoms with Gasteiger partial charge in [-0.25, -0.2) is 0 Å². The van der Waals surface area contributed by atoms with Gasteiger partial charge >= 0.3 is 0 Å². The van der Waals surface area contributed by atoms with Gasteiger partial charge in [0.2, 0.25) is 5.37 Å². The van der Waals surface area contributed by atoms with Crippen molar-refractivity contribution in [2.24, 2.45) is 4.99 Å². The molecule has 0 aliphatic carbocycles. The number of nitrogens with zero attached hydrogens (tertiary/aromatic N) is 1. The van der Waals surface area contributed by atoms with Crippen molar-refractivity contribution in [1.82, 2.24) is 0 Å². The number of aliphatic imine (C=N–C) groups is 1. The first kappa shape index (κ1) is 8.85. The molecule has 0 aromatic rings. The minimum absolute atomic E-state index is 0.387. The van der Waals surface area contributed by atoms with Gasteiger partial charge in [0.05, 0.1) is 11.4 Å². The van der Waals surface area contributed by atoms with Crippen LogP contribution in [0.25, 0.3) is 0 Å². The molecule has 0 radical (unpaired) electrons. The molecule has 0 heterocycles. The van der Waals surface area contributed by atoms with E-state index in [1.165, 1.54) is 6.08 Å². The predicted octanol–water partition coefficient (Wildman–Crippen LogP) is 0.980. The van der Waals surface area contributed by atoms with E-state index in [0.717, 1.165) is 0 Å². The summed E-state index contributed by atoms with van der Waals surface area (Å²) in [4.78, 5) is 3.59. The van der Waals surface area contributed by atoms with Gasteiger partial charge in [0.1, 0.15) is 0 Å². The molecule has 0 rings (SSSR count). The normalized spacial score (nSPS) is 15.3. The van der Waals surface area contributed by atoms with Crippen molar-refractivity contribution >= 4 is 28.6 Å². The molecule has 4 heteroatoms. The molecule has 0 bridgehead atoms. The van der Waals surface area contributed by atoms with Gasteiger partial charge in [0.25, 0.3) is 0 Å². The maximum absolute atomic E-state index is 10.6. The highest BCUT2D eigenvalue weighted by Gasteiger charge is 2.09. The van der Waals surface area contributed by atoms with E-state index in [4.69, 9.17) is 0 Å². The average Bonchev–Trinajstić information content (AvgIpc) is 1.82. The Bertz CT molecular complexity index is 140. The van der Waals surface area contributed by atoms with Gasteiger partial charge < -0.3 is 4.55 Å². The van der Waals surface area contributed by atoms with Crippen molar-refractivity contribution in [2.45, 2.75) is 5.37 Å². The third-order valence-electron chi connectivity index (χ3n) is 0.722. The van der Waals surface area contributed by atoms with Gasteiger partial charge in [-0.15, -0.1) is 0 Å². The summed E-state index contributed by atoms with van der Waals surface area (Å²) in [6, 6.07) is 0. The summed E-state index contributed by atoms with van der Waals surface area (Å²) in [5.41, 5.74) is 0. The molecule has 0 spiro atoms. The Morgan fingerprint density at radius 1 is 2.00 bits per heavy atom. The van der Waals surface area contributed by atoms with Crippen LogP contribution in [0.3, 0.4) is 0 Å². The number of isothiocyanates is 1. The van der Waals surface area contributed by atoms with Gasteiger partial charge in [0, 0.05) is 0 Å². The smallest absolute Gasteiger partial charge is 0.232 e. The topological polar surface area (TPSA) is 35.4 Å². The largest absolute Gasteiger partial charge is 0.615 e. The zero-order valence-electron chi connectivity index (χ0n) is 5.03. The first-order valence-corrected chi connectivity index (χ1v) is 4.27. The fourth-order valence-corrected chi connectivity index (χ4v) is 0.967. The lowest BCUT2D eigenvalue weighted by Gasteiger charge is -2.06. The van der Waals surface area contributed by atoms with Crippen LogP contribution in [0.15, 0.2) is 17.6 Å². The van der Waals surface area contributed by atoms with E-state index in [1.54, 1.807) is 6.26 Å². The van der Waals surface area contributed by atoms with Crippen LogP contribution >= 0.6 is 12.2 Å². The van der Waals surface area contributed by atoms with Gasteiger partial charge in [-0.1, -0.05) is 6.58 Å². The molecule has 0 amide bonds. The quantitative estimate of drug-likeness (QED) is 0.268. The van der Waals surface area contributed by atoms with Crippen LogP contribution in [0.4, 0.5) is 0 Å². The van der Waals surface area contributed by atoms with E-state index in [2.05, 4.69) is 29.0 Å². The summed E-state index contributed by atoms with van der Waals surface area (Å²) in [5, 5.41) is 1.76. The Hall–Kier alpha value is -0.150. The Morgan fingerprint density at radius 3 is 2.67 bits per heavy atom. The summed E-state index contributed by atoms with van der Waals surface area (Å²) in [7, 11) is 0. The summed E-state index contributed by atoms with van der Waals surface area (Å²) >= 11 is 3.30. The van der Waals surface area contributed by atoms with Crippen LogP contribution < -0.4 is 0 Å². The zero-order chi connectivity index (χ0) is 7.28. The fourth-order valence-electron chi connectivity index (χ4n) is 0.314. The molecular formula is C5H7NOS2. The number of hydrogen-bond acceptors (Lipinski definition) is 3. The molecular weight excluding hydrogens is 154 g/mol. The molecule has 0 aliphatic rings. The summed E-state index contributed by atoms with van der Waals surface area (Å²) in [6.45, 7) is 3.43. The van der Waals surface area contributed by atoms with Crippen molar-refractivity contribution in [3.63, 3.8) is 0 Å². The molecule has 2 nitrogen and oxygen atoms in total.